The van der Waals surface area contributed by atoms with E-state index in [0.717, 1.165) is 29.8 Å². The third-order valence-electron chi connectivity index (χ3n) is 4.93. The molecule has 33 heavy (non-hydrogen) atoms. The molecule has 3 rings (SSSR count). The summed E-state index contributed by atoms with van der Waals surface area (Å²) in [7, 11) is 3.89. The predicted octanol–water partition coefficient (Wildman–Crippen LogP) is 4.27. The minimum Gasteiger partial charge on any atom is -0.489 e. The number of halogens is 3. The maximum atomic E-state index is 13.1. The predicted molar refractivity (Wildman–Crippen MR) is 119 cm³/mol. The molecule has 9 heteroatoms. The van der Waals surface area contributed by atoms with Crippen LogP contribution in [0.2, 0.25) is 0 Å². The summed E-state index contributed by atoms with van der Waals surface area (Å²) >= 11 is 0. The first-order valence-corrected chi connectivity index (χ1v) is 10.5. The first-order chi connectivity index (χ1) is 15.6. The summed E-state index contributed by atoms with van der Waals surface area (Å²) in [4.78, 5) is 14.5. The number of aromatic nitrogens is 2. The van der Waals surface area contributed by atoms with Crippen molar-refractivity contribution in [1.29, 1.82) is 0 Å². The van der Waals surface area contributed by atoms with E-state index in [0.29, 0.717) is 12.3 Å². The molecule has 3 aromatic rings. The van der Waals surface area contributed by atoms with Crippen LogP contribution in [0.5, 0.6) is 5.75 Å². The Balaban J connectivity index is 1.53. The van der Waals surface area contributed by atoms with E-state index in [-0.39, 0.29) is 6.54 Å². The Hall–Kier alpha value is -3.33. The molecule has 1 atom stereocenters. The minimum atomic E-state index is -4.60. The molecule has 176 valence electrons. The highest BCUT2D eigenvalue weighted by Gasteiger charge is 2.34. The van der Waals surface area contributed by atoms with E-state index in [4.69, 9.17) is 4.74 Å². The maximum Gasteiger partial charge on any atom is 0.417 e. The van der Waals surface area contributed by atoms with E-state index in [9.17, 15) is 18.0 Å². The number of carbonyl (C=O) groups is 1. The summed E-state index contributed by atoms with van der Waals surface area (Å²) in [6, 6.07) is 12.3. The van der Waals surface area contributed by atoms with Crippen molar-refractivity contribution in [3.8, 4) is 5.75 Å². The second-order valence-corrected chi connectivity index (χ2v) is 8.02. The van der Waals surface area contributed by atoms with E-state index >= 15 is 0 Å². The smallest absolute Gasteiger partial charge is 0.417 e. The topological polar surface area (TPSA) is 59.4 Å². The van der Waals surface area contributed by atoms with E-state index in [1.165, 1.54) is 12.1 Å². The lowest BCUT2D eigenvalue weighted by molar-refractivity contribution is -0.137. The lowest BCUT2D eigenvalue weighted by Crippen LogP contribution is -2.34. The summed E-state index contributed by atoms with van der Waals surface area (Å²) in [5.74, 6) is -0.163. The zero-order valence-corrected chi connectivity index (χ0v) is 18.8. The van der Waals surface area contributed by atoms with Crippen LogP contribution < -0.4 is 10.1 Å². The zero-order valence-electron chi connectivity index (χ0n) is 18.8. The fourth-order valence-electron chi connectivity index (χ4n) is 3.48. The van der Waals surface area contributed by atoms with Gasteiger partial charge < -0.3 is 10.1 Å². The van der Waals surface area contributed by atoms with Crippen molar-refractivity contribution < 1.29 is 22.7 Å². The van der Waals surface area contributed by atoms with Gasteiger partial charge in [0.2, 0.25) is 0 Å². The Morgan fingerprint density at radius 3 is 2.58 bits per heavy atom. The van der Waals surface area contributed by atoms with Crippen LogP contribution >= 0.6 is 0 Å². The molecule has 1 unspecified atom stereocenters. The quantitative estimate of drug-likeness (QED) is 0.518. The zero-order chi connectivity index (χ0) is 24.0. The highest BCUT2D eigenvalue weighted by atomic mass is 19.4. The van der Waals surface area contributed by atoms with Crippen molar-refractivity contribution in [2.45, 2.75) is 32.3 Å². The maximum absolute atomic E-state index is 13.1. The van der Waals surface area contributed by atoms with Gasteiger partial charge in [0, 0.05) is 31.9 Å². The summed E-state index contributed by atoms with van der Waals surface area (Å²) in [5, 5.41) is 6.70. The Bertz CT molecular complexity index is 1080. The summed E-state index contributed by atoms with van der Waals surface area (Å²) in [5.41, 5.74) is 0.799. The van der Waals surface area contributed by atoms with Crippen LogP contribution in [-0.4, -0.2) is 40.3 Å². The third-order valence-corrected chi connectivity index (χ3v) is 4.93. The highest BCUT2D eigenvalue weighted by Crippen LogP contribution is 2.31. The molecule has 1 amide bonds. The van der Waals surface area contributed by atoms with Crippen LogP contribution in [0.4, 0.5) is 13.2 Å². The molecule has 0 saturated carbocycles. The average molecular weight is 461 g/mol. The summed E-state index contributed by atoms with van der Waals surface area (Å²) in [6.07, 6.45) is -1.23. The number of benzene rings is 2. The molecular weight excluding hydrogens is 433 g/mol. The van der Waals surface area contributed by atoms with E-state index < -0.39 is 29.3 Å². The van der Waals surface area contributed by atoms with Gasteiger partial charge in [-0.05, 0) is 43.8 Å². The Kier molecular flexibility index (Phi) is 7.75. The number of hydrogen-bond acceptors (Lipinski definition) is 4. The number of ether oxygens (including phenoxy) is 1. The molecule has 0 aliphatic heterocycles. The Morgan fingerprint density at radius 2 is 1.88 bits per heavy atom. The number of nitrogens with zero attached hydrogens (tertiary/aromatic N) is 3. The fraction of sp³-hybridized carbons (Fsp3) is 0.333. The van der Waals surface area contributed by atoms with Crippen molar-refractivity contribution in [2.24, 2.45) is 7.05 Å². The lowest BCUT2D eigenvalue weighted by atomic mass is 10.1. The van der Waals surface area contributed by atoms with Crippen LogP contribution in [-0.2, 0) is 26.3 Å². The van der Waals surface area contributed by atoms with Gasteiger partial charge in [-0.1, -0.05) is 24.3 Å². The standard InChI is InChI=1S/C24H27F3N4O2/c1-17(12-28-23(32)21-9-4-5-10-22(21)24(25,26)27)33-20-8-6-7-18(11-20)14-30(2)15-19-13-29-31(3)16-19/h4-11,13,16-17H,12,14-15H2,1-3H3,(H,28,32). The number of nitrogens with one attached hydrogen (secondary N) is 1. The van der Waals surface area contributed by atoms with Gasteiger partial charge in [0.25, 0.3) is 5.91 Å². The number of hydrogen-bond donors (Lipinski definition) is 1. The number of carbonyl (C=O) groups excluding carboxylic acids is 1. The van der Waals surface area contributed by atoms with E-state index in [2.05, 4.69) is 15.3 Å². The molecule has 0 aliphatic rings. The highest BCUT2D eigenvalue weighted by molar-refractivity contribution is 5.95. The normalized spacial score (nSPS) is 12.6. The van der Waals surface area contributed by atoms with Gasteiger partial charge in [0.15, 0.2) is 0 Å². The number of alkyl halides is 3. The number of amides is 1. The van der Waals surface area contributed by atoms with Crippen LogP contribution in [0.1, 0.15) is 34.0 Å². The molecule has 0 bridgehead atoms. The number of aryl methyl sites for hydroxylation is 1. The first-order valence-electron chi connectivity index (χ1n) is 10.5. The van der Waals surface area contributed by atoms with Gasteiger partial charge in [-0.25, -0.2) is 0 Å². The second-order valence-electron chi connectivity index (χ2n) is 8.02. The van der Waals surface area contributed by atoms with Gasteiger partial charge >= 0.3 is 6.18 Å². The first kappa shape index (κ1) is 24.3. The molecule has 0 saturated heterocycles. The van der Waals surface area contributed by atoms with Crippen molar-refractivity contribution in [2.75, 3.05) is 13.6 Å². The monoisotopic (exact) mass is 460 g/mol. The fourth-order valence-corrected chi connectivity index (χ4v) is 3.48. The molecule has 0 radical (unpaired) electrons. The van der Waals surface area contributed by atoms with Gasteiger partial charge in [0.05, 0.1) is 23.9 Å². The van der Waals surface area contributed by atoms with Gasteiger partial charge in [0.1, 0.15) is 11.9 Å². The molecule has 1 heterocycles. The lowest BCUT2D eigenvalue weighted by Gasteiger charge is -2.19. The van der Waals surface area contributed by atoms with E-state index in [1.54, 1.807) is 11.6 Å². The van der Waals surface area contributed by atoms with Crippen molar-refractivity contribution in [3.63, 3.8) is 0 Å². The number of rotatable bonds is 9. The van der Waals surface area contributed by atoms with Crippen molar-refractivity contribution in [1.82, 2.24) is 20.0 Å². The van der Waals surface area contributed by atoms with Gasteiger partial charge in [-0.2, -0.15) is 18.3 Å². The third kappa shape index (κ3) is 7.08. The molecular formula is C24H27F3N4O2. The molecule has 6 nitrogen and oxygen atoms in total. The van der Waals surface area contributed by atoms with Crippen molar-refractivity contribution in [3.05, 3.63) is 83.2 Å². The molecule has 1 aromatic heterocycles. The van der Waals surface area contributed by atoms with Crippen molar-refractivity contribution >= 4 is 5.91 Å². The second kappa shape index (κ2) is 10.5. The molecule has 0 aliphatic carbocycles. The van der Waals surface area contributed by atoms with Crippen LogP contribution in [0.3, 0.4) is 0 Å². The van der Waals surface area contributed by atoms with E-state index in [1.807, 2.05) is 50.8 Å². The molecule has 0 fully saturated rings. The van der Waals surface area contributed by atoms with Gasteiger partial charge in [-0.3, -0.25) is 14.4 Å². The van der Waals surface area contributed by atoms with Crippen LogP contribution in [0.25, 0.3) is 0 Å². The summed E-state index contributed by atoms with van der Waals surface area (Å²) in [6.45, 7) is 3.26. The van der Waals surface area contributed by atoms with Crippen LogP contribution in [0.15, 0.2) is 60.9 Å². The Labute approximate surface area is 191 Å². The average Bonchev–Trinajstić information content (AvgIpc) is 3.16. The molecule has 2 aromatic carbocycles. The SMILES string of the molecule is CC(CNC(=O)c1ccccc1C(F)(F)F)Oc1cccc(CN(C)Cc2cnn(C)c2)c1. The minimum absolute atomic E-state index is 0.0656. The van der Waals surface area contributed by atoms with Gasteiger partial charge in [-0.15, -0.1) is 0 Å². The Morgan fingerprint density at radius 1 is 1.15 bits per heavy atom. The largest absolute Gasteiger partial charge is 0.489 e. The summed E-state index contributed by atoms with van der Waals surface area (Å²) < 4.78 is 47.0. The molecule has 1 N–H and O–H groups in total. The molecule has 0 spiro atoms. The van der Waals surface area contributed by atoms with Crippen LogP contribution in [0, 0.1) is 0 Å².